The Labute approximate surface area is 172 Å². The van der Waals surface area contributed by atoms with Gasteiger partial charge >= 0.3 is 0 Å². The lowest BCUT2D eigenvalue weighted by molar-refractivity contribution is -0.116. The van der Waals surface area contributed by atoms with Gasteiger partial charge < -0.3 is 16.4 Å². The third-order valence-corrected chi connectivity index (χ3v) is 5.21. The summed E-state index contributed by atoms with van der Waals surface area (Å²) in [6.07, 6.45) is 7.61. The molecule has 1 fully saturated rings. The van der Waals surface area contributed by atoms with E-state index in [1.54, 1.807) is 30.7 Å². The molecule has 30 heavy (non-hydrogen) atoms. The summed E-state index contributed by atoms with van der Waals surface area (Å²) in [4.78, 5) is 23.3. The number of nitrogens with one attached hydrogen (secondary N) is 2. The van der Waals surface area contributed by atoms with Crippen LogP contribution in [0.2, 0.25) is 0 Å². The quantitative estimate of drug-likeness (QED) is 0.515. The summed E-state index contributed by atoms with van der Waals surface area (Å²) in [7, 11) is 0. The van der Waals surface area contributed by atoms with Crippen molar-refractivity contribution in [1.29, 1.82) is 0 Å². The van der Waals surface area contributed by atoms with Gasteiger partial charge in [0.05, 0.1) is 17.9 Å². The lowest BCUT2D eigenvalue weighted by Crippen LogP contribution is -2.42. The lowest BCUT2D eigenvalue weighted by Gasteiger charge is -2.41. The highest BCUT2D eigenvalue weighted by atomic mass is 19.1. The van der Waals surface area contributed by atoms with Crippen molar-refractivity contribution in [3.63, 3.8) is 0 Å². The number of rotatable bonds is 8. The van der Waals surface area contributed by atoms with Crippen molar-refractivity contribution in [2.24, 2.45) is 5.73 Å². The molecule has 0 unspecified atom stereocenters. The van der Waals surface area contributed by atoms with E-state index >= 15 is 0 Å². The van der Waals surface area contributed by atoms with Gasteiger partial charge in [-0.25, -0.2) is 14.4 Å². The Hall–Kier alpha value is -3.69. The van der Waals surface area contributed by atoms with Crippen LogP contribution >= 0.6 is 0 Å². The molecule has 0 aliphatic heterocycles. The van der Waals surface area contributed by atoms with E-state index in [1.807, 2.05) is 6.07 Å². The van der Waals surface area contributed by atoms with Gasteiger partial charge in [0.2, 0.25) is 11.9 Å². The van der Waals surface area contributed by atoms with Crippen molar-refractivity contribution in [3.05, 3.63) is 54.4 Å². The van der Waals surface area contributed by atoms with Gasteiger partial charge in [-0.15, -0.1) is 10.2 Å². The van der Waals surface area contributed by atoms with Crippen LogP contribution in [-0.2, 0) is 10.2 Å². The second kappa shape index (κ2) is 8.36. The zero-order chi connectivity index (χ0) is 21.0. The molecule has 1 amide bonds. The number of nitrogens with two attached hydrogens (primary N) is 1. The van der Waals surface area contributed by atoms with Crippen LogP contribution < -0.4 is 16.4 Å². The van der Waals surface area contributed by atoms with E-state index in [-0.39, 0.29) is 17.8 Å². The normalized spacial score (nSPS) is 14.6. The summed E-state index contributed by atoms with van der Waals surface area (Å²) in [6, 6.07) is 6.67. The fraction of sp³-hybridized carbons (Fsp3) is 0.300. The number of halogens is 1. The molecule has 0 atom stereocenters. The van der Waals surface area contributed by atoms with E-state index in [1.165, 1.54) is 6.07 Å². The summed E-state index contributed by atoms with van der Waals surface area (Å²) in [5.74, 6) is 0.138. The van der Waals surface area contributed by atoms with E-state index in [0.29, 0.717) is 35.3 Å². The molecule has 3 aromatic heterocycles. The number of primary amides is 1. The minimum atomic E-state index is -0.494. The molecule has 1 aliphatic rings. The van der Waals surface area contributed by atoms with Crippen LogP contribution in [-0.4, -0.2) is 44.1 Å². The molecule has 0 spiro atoms. The van der Waals surface area contributed by atoms with Crippen LogP contribution in [0.5, 0.6) is 0 Å². The van der Waals surface area contributed by atoms with Crippen LogP contribution in [0.15, 0.2) is 42.9 Å². The summed E-state index contributed by atoms with van der Waals surface area (Å²) in [5.41, 5.74) is 6.57. The molecule has 3 heterocycles. The molecule has 4 N–H and O–H groups in total. The van der Waals surface area contributed by atoms with Gasteiger partial charge in [-0.3, -0.25) is 9.78 Å². The number of nitrogens with zero attached hydrogens (tertiary/aromatic N) is 5. The predicted octanol–water partition coefficient (Wildman–Crippen LogP) is 1.90. The van der Waals surface area contributed by atoms with Crippen molar-refractivity contribution in [1.82, 2.24) is 25.1 Å². The SMILES string of the molecule is NC(=O)CNc1ncc(-c2ccc(NCC3(c4ncccc4F)CCC3)nn2)cn1. The summed E-state index contributed by atoms with van der Waals surface area (Å²) in [6.45, 7) is 0.502. The van der Waals surface area contributed by atoms with Gasteiger partial charge in [-0.1, -0.05) is 6.42 Å². The topological polar surface area (TPSA) is 132 Å². The molecule has 0 saturated heterocycles. The van der Waals surface area contributed by atoms with Gasteiger partial charge in [0, 0.05) is 36.1 Å². The number of carbonyl (C=O) groups excluding carboxylic acids is 1. The summed E-state index contributed by atoms with van der Waals surface area (Å²) < 4.78 is 14.2. The highest BCUT2D eigenvalue weighted by Crippen LogP contribution is 2.43. The molecule has 9 nitrogen and oxygen atoms in total. The second-order valence-corrected chi connectivity index (χ2v) is 7.24. The van der Waals surface area contributed by atoms with Crippen LogP contribution in [0, 0.1) is 5.82 Å². The number of aromatic nitrogens is 5. The van der Waals surface area contributed by atoms with Crippen molar-refractivity contribution >= 4 is 17.7 Å². The third kappa shape index (κ3) is 4.17. The molecular weight excluding hydrogens is 387 g/mol. The average molecular weight is 408 g/mol. The van der Waals surface area contributed by atoms with Gasteiger partial charge in [0.1, 0.15) is 11.6 Å². The predicted molar refractivity (Wildman–Crippen MR) is 109 cm³/mol. The number of hydrogen-bond acceptors (Lipinski definition) is 8. The van der Waals surface area contributed by atoms with E-state index in [0.717, 1.165) is 19.3 Å². The Bertz CT molecular complexity index is 1020. The molecule has 0 aromatic carbocycles. The molecular formula is C20H21FN8O. The van der Waals surface area contributed by atoms with E-state index < -0.39 is 5.91 Å². The second-order valence-electron chi connectivity index (χ2n) is 7.24. The molecule has 0 radical (unpaired) electrons. The Balaban J connectivity index is 1.40. The standard InChI is InChI=1S/C20H21FN8O/c21-14-3-1-8-23-18(14)20(6-2-7-20)12-27-17-5-4-15(28-29-17)13-9-24-19(25-10-13)26-11-16(22)30/h1,3-5,8-10H,2,6-7,11-12H2,(H2,22,30)(H,27,29)(H,24,25,26). The summed E-state index contributed by atoms with van der Waals surface area (Å²) in [5, 5.41) is 14.4. The fourth-order valence-electron chi connectivity index (χ4n) is 3.43. The first-order valence-electron chi connectivity index (χ1n) is 9.59. The first-order valence-corrected chi connectivity index (χ1v) is 9.59. The highest BCUT2D eigenvalue weighted by Gasteiger charge is 2.41. The maximum atomic E-state index is 14.2. The Morgan fingerprint density at radius 1 is 1.10 bits per heavy atom. The smallest absolute Gasteiger partial charge is 0.236 e. The number of carbonyl (C=O) groups is 1. The number of amides is 1. The first kappa shape index (κ1) is 19.6. The van der Waals surface area contributed by atoms with E-state index in [2.05, 4.69) is 35.8 Å². The Kier molecular flexibility index (Phi) is 5.46. The van der Waals surface area contributed by atoms with E-state index in [9.17, 15) is 9.18 Å². The van der Waals surface area contributed by atoms with Gasteiger partial charge in [-0.2, -0.15) is 0 Å². The van der Waals surface area contributed by atoms with Gasteiger partial charge in [-0.05, 0) is 37.1 Å². The molecule has 1 aliphatic carbocycles. The van der Waals surface area contributed by atoms with Crippen LogP contribution in [0.4, 0.5) is 16.2 Å². The third-order valence-electron chi connectivity index (χ3n) is 5.21. The molecule has 154 valence electrons. The maximum Gasteiger partial charge on any atom is 0.236 e. The zero-order valence-electron chi connectivity index (χ0n) is 16.2. The van der Waals surface area contributed by atoms with Crippen molar-refractivity contribution in [3.8, 4) is 11.3 Å². The number of hydrogen-bond donors (Lipinski definition) is 3. The highest BCUT2D eigenvalue weighted by molar-refractivity contribution is 5.78. The largest absolute Gasteiger partial charge is 0.368 e. The summed E-state index contributed by atoms with van der Waals surface area (Å²) >= 11 is 0. The first-order chi connectivity index (χ1) is 14.6. The fourth-order valence-corrected chi connectivity index (χ4v) is 3.43. The minimum absolute atomic E-state index is 0.0383. The van der Waals surface area contributed by atoms with Gasteiger partial charge in [0.25, 0.3) is 0 Å². The van der Waals surface area contributed by atoms with Crippen molar-refractivity contribution in [2.45, 2.75) is 24.7 Å². The van der Waals surface area contributed by atoms with Crippen LogP contribution in [0.1, 0.15) is 25.0 Å². The number of anilines is 2. The van der Waals surface area contributed by atoms with Crippen molar-refractivity contribution in [2.75, 3.05) is 23.7 Å². The monoisotopic (exact) mass is 408 g/mol. The molecule has 3 aromatic rings. The molecule has 10 heteroatoms. The van der Waals surface area contributed by atoms with Crippen LogP contribution in [0.3, 0.4) is 0 Å². The van der Waals surface area contributed by atoms with E-state index in [4.69, 9.17) is 5.73 Å². The Morgan fingerprint density at radius 2 is 1.90 bits per heavy atom. The Morgan fingerprint density at radius 3 is 2.50 bits per heavy atom. The van der Waals surface area contributed by atoms with Crippen LogP contribution in [0.25, 0.3) is 11.3 Å². The number of pyridine rings is 1. The molecule has 4 rings (SSSR count). The van der Waals surface area contributed by atoms with Gasteiger partial charge in [0.15, 0.2) is 0 Å². The lowest BCUT2D eigenvalue weighted by atomic mass is 9.66. The average Bonchev–Trinajstić information content (AvgIpc) is 2.73. The zero-order valence-corrected chi connectivity index (χ0v) is 16.2. The molecule has 0 bridgehead atoms. The molecule has 1 saturated carbocycles. The maximum absolute atomic E-state index is 14.2. The van der Waals surface area contributed by atoms with Crippen molar-refractivity contribution < 1.29 is 9.18 Å². The minimum Gasteiger partial charge on any atom is -0.368 e.